The van der Waals surface area contributed by atoms with Gasteiger partial charge in [0.2, 0.25) is 0 Å². The summed E-state index contributed by atoms with van der Waals surface area (Å²) in [6.45, 7) is 0.646. The standard InChI is InChI=1S/C14H19NO3/c1-17-14(16)12-7-6-11(15)8-13(12)18-9-10-4-2-3-5-10/h6-8,10H,2-5,9,15H2,1H3. The van der Waals surface area contributed by atoms with Crippen LogP contribution in [0, 0.1) is 5.92 Å². The Kier molecular flexibility index (Phi) is 4.07. The zero-order valence-corrected chi connectivity index (χ0v) is 10.6. The van der Waals surface area contributed by atoms with Gasteiger partial charge >= 0.3 is 5.97 Å². The van der Waals surface area contributed by atoms with Crippen molar-refractivity contribution in [2.24, 2.45) is 5.92 Å². The summed E-state index contributed by atoms with van der Waals surface area (Å²) in [5.74, 6) is 0.724. The van der Waals surface area contributed by atoms with Crippen LogP contribution in [0.4, 0.5) is 5.69 Å². The van der Waals surface area contributed by atoms with Gasteiger partial charge in [-0.25, -0.2) is 4.79 Å². The molecule has 0 atom stereocenters. The van der Waals surface area contributed by atoms with E-state index in [9.17, 15) is 4.79 Å². The first kappa shape index (κ1) is 12.7. The normalized spacial score (nSPS) is 15.6. The summed E-state index contributed by atoms with van der Waals surface area (Å²) in [5, 5.41) is 0. The SMILES string of the molecule is COC(=O)c1ccc(N)cc1OCC1CCCC1. The number of benzene rings is 1. The molecule has 0 radical (unpaired) electrons. The van der Waals surface area contributed by atoms with Gasteiger partial charge in [0.1, 0.15) is 11.3 Å². The molecule has 1 fully saturated rings. The molecule has 0 spiro atoms. The van der Waals surface area contributed by atoms with Crippen LogP contribution in [0.5, 0.6) is 5.75 Å². The van der Waals surface area contributed by atoms with Gasteiger partial charge in [0, 0.05) is 11.8 Å². The van der Waals surface area contributed by atoms with Crippen molar-refractivity contribution in [3.8, 4) is 5.75 Å². The number of hydrogen-bond donors (Lipinski definition) is 1. The predicted octanol–water partition coefficient (Wildman–Crippen LogP) is 2.62. The molecule has 1 aromatic rings. The van der Waals surface area contributed by atoms with Crippen LogP contribution in [0.1, 0.15) is 36.0 Å². The van der Waals surface area contributed by atoms with Crippen LogP contribution in [0.2, 0.25) is 0 Å². The topological polar surface area (TPSA) is 61.5 Å². The molecule has 4 nitrogen and oxygen atoms in total. The van der Waals surface area contributed by atoms with Gasteiger partial charge in [0.25, 0.3) is 0 Å². The highest BCUT2D eigenvalue weighted by Gasteiger charge is 2.18. The molecule has 1 aliphatic carbocycles. The Bertz CT molecular complexity index is 425. The molecule has 18 heavy (non-hydrogen) atoms. The van der Waals surface area contributed by atoms with E-state index in [2.05, 4.69) is 0 Å². The van der Waals surface area contributed by atoms with Gasteiger partial charge in [0.15, 0.2) is 0 Å². The minimum absolute atomic E-state index is 0.392. The van der Waals surface area contributed by atoms with Crippen LogP contribution in [0.3, 0.4) is 0 Å². The van der Waals surface area contributed by atoms with Gasteiger partial charge in [-0.2, -0.15) is 0 Å². The highest BCUT2D eigenvalue weighted by molar-refractivity contribution is 5.93. The minimum atomic E-state index is -0.392. The largest absolute Gasteiger partial charge is 0.492 e. The number of methoxy groups -OCH3 is 1. The first-order valence-corrected chi connectivity index (χ1v) is 6.31. The van der Waals surface area contributed by atoms with Gasteiger partial charge in [0.05, 0.1) is 13.7 Å². The van der Waals surface area contributed by atoms with Crippen LogP contribution in [-0.2, 0) is 4.74 Å². The quantitative estimate of drug-likeness (QED) is 0.658. The van der Waals surface area contributed by atoms with Gasteiger partial charge in [-0.05, 0) is 30.9 Å². The van der Waals surface area contributed by atoms with E-state index in [4.69, 9.17) is 15.2 Å². The van der Waals surface area contributed by atoms with E-state index in [1.165, 1.54) is 32.8 Å². The second-order valence-corrected chi connectivity index (χ2v) is 4.71. The lowest BCUT2D eigenvalue weighted by Gasteiger charge is -2.14. The number of carbonyl (C=O) groups is 1. The molecular weight excluding hydrogens is 230 g/mol. The molecule has 0 aromatic heterocycles. The monoisotopic (exact) mass is 249 g/mol. The molecule has 0 bridgehead atoms. The fourth-order valence-corrected chi connectivity index (χ4v) is 2.32. The number of ether oxygens (including phenoxy) is 2. The number of esters is 1. The van der Waals surface area contributed by atoms with Crippen molar-refractivity contribution in [2.75, 3.05) is 19.5 Å². The second-order valence-electron chi connectivity index (χ2n) is 4.71. The number of carbonyl (C=O) groups excluding carboxylic acids is 1. The van der Waals surface area contributed by atoms with E-state index in [-0.39, 0.29) is 0 Å². The Hall–Kier alpha value is -1.71. The third-order valence-corrected chi connectivity index (χ3v) is 3.36. The Morgan fingerprint density at radius 2 is 2.11 bits per heavy atom. The molecule has 2 N–H and O–H groups in total. The Morgan fingerprint density at radius 3 is 2.78 bits per heavy atom. The van der Waals surface area contributed by atoms with Crippen molar-refractivity contribution in [3.63, 3.8) is 0 Å². The molecule has 1 aromatic carbocycles. The van der Waals surface area contributed by atoms with E-state index < -0.39 is 5.97 Å². The van der Waals surface area contributed by atoms with Crippen molar-refractivity contribution >= 4 is 11.7 Å². The number of nitrogens with two attached hydrogens (primary N) is 1. The average Bonchev–Trinajstić information content (AvgIpc) is 2.88. The molecule has 0 aliphatic heterocycles. The fraction of sp³-hybridized carbons (Fsp3) is 0.500. The van der Waals surface area contributed by atoms with E-state index in [1.807, 2.05) is 0 Å². The van der Waals surface area contributed by atoms with Crippen molar-refractivity contribution in [2.45, 2.75) is 25.7 Å². The van der Waals surface area contributed by atoms with Crippen molar-refractivity contribution < 1.29 is 14.3 Å². The molecule has 0 saturated heterocycles. The number of hydrogen-bond acceptors (Lipinski definition) is 4. The highest BCUT2D eigenvalue weighted by atomic mass is 16.5. The number of anilines is 1. The highest BCUT2D eigenvalue weighted by Crippen LogP contribution is 2.28. The summed E-state index contributed by atoms with van der Waals surface area (Å²) in [6.07, 6.45) is 4.95. The van der Waals surface area contributed by atoms with E-state index >= 15 is 0 Å². The first-order valence-electron chi connectivity index (χ1n) is 6.31. The Morgan fingerprint density at radius 1 is 1.39 bits per heavy atom. The van der Waals surface area contributed by atoms with Crippen molar-refractivity contribution in [1.29, 1.82) is 0 Å². The van der Waals surface area contributed by atoms with Crippen molar-refractivity contribution in [3.05, 3.63) is 23.8 Å². The molecule has 4 heteroatoms. The lowest BCUT2D eigenvalue weighted by Crippen LogP contribution is -2.12. The summed E-state index contributed by atoms with van der Waals surface area (Å²) < 4.78 is 10.5. The lowest BCUT2D eigenvalue weighted by atomic mass is 10.1. The van der Waals surface area contributed by atoms with Gasteiger partial charge in [-0.3, -0.25) is 0 Å². The summed E-state index contributed by atoms with van der Waals surface area (Å²) in [5.41, 5.74) is 6.74. The average molecular weight is 249 g/mol. The third kappa shape index (κ3) is 2.94. The maximum Gasteiger partial charge on any atom is 0.341 e. The Balaban J connectivity index is 2.08. The molecule has 0 amide bonds. The molecule has 2 rings (SSSR count). The van der Waals surface area contributed by atoms with Crippen molar-refractivity contribution in [1.82, 2.24) is 0 Å². The zero-order valence-electron chi connectivity index (χ0n) is 10.6. The molecule has 98 valence electrons. The lowest BCUT2D eigenvalue weighted by molar-refractivity contribution is 0.0595. The van der Waals surface area contributed by atoms with Gasteiger partial charge in [-0.15, -0.1) is 0 Å². The summed E-state index contributed by atoms with van der Waals surface area (Å²) in [6, 6.07) is 5.00. The zero-order chi connectivity index (χ0) is 13.0. The summed E-state index contributed by atoms with van der Waals surface area (Å²) >= 11 is 0. The predicted molar refractivity (Wildman–Crippen MR) is 69.6 cm³/mol. The molecule has 0 unspecified atom stereocenters. The van der Waals surface area contributed by atoms with E-state index in [0.29, 0.717) is 29.5 Å². The molecule has 0 heterocycles. The maximum absolute atomic E-state index is 11.6. The van der Waals surface area contributed by atoms with Gasteiger partial charge < -0.3 is 15.2 Å². The molecule has 1 saturated carbocycles. The van der Waals surface area contributed by atoms with Crippen LogP contribution in [-0.4, -0.2) is 19.7 Å². The summed E-state index contributed by atoms with van der Waals surface area (Å²) in [4.78, 5) is 11.6. The number of nitrogen functional groups attached to an aromatic ring is 1. The fourth-order valence-electron chi connectivity index (χ4n) is 2.32. The smallest absolute Gasteiger partial charge is 0.341 e. The summed E-state index contributed by atoms with van der Waals surface area (Å²) in [7, 11) is 1.36. The Labute approximate surface area is 107 Å². The van der Waals surface area contributed by atoms with Gasteiger partial charge in [-0.1, -0.05) is 12.8 Å². The van der Waals surface area contributed by atoms with E-state index in [1.54, 1.807) is 18.2 Å². The first-order chi connectivity index (χ1) is 8.70. The number of rotatable bonds is 4. The minimum Gasteiger partial charge on any atom is -0.492 e. The molecule has 1 aliphatic rings. The third-order valence-electron chi connectivity index (χ3n) is 3.36. The maximum atomic E-state index is 11.6. The van der Waals surface area contributed by atoms with Crippen LogP contribution in [0.15, 0.2) is 18.2 Å². The van der Waals surface area contributed by atoms with Crippen LogP contribution < -0.4 is 10.5 Å². The van der Waals surface area contributed by atoms with E-state index in [0.717, 1.165) is 0 Å². The molecular formula is C14H19NO3. The van der Waals surface area contributed by atoms with Crippen LogP contribution >= 0.6 is 0 Å². The second kappa shape index (κ2) is 5.76. The van der Waals surface area contributed by atoms with Crippen LogP contribution in [0.25, 0.3) is 0 Å².